The summed E-state index contributed by atoms with van der Waals surface area (Å²) >= 11 is 0. The fraction of sp³-hybridized carbons (Fsp3) is 0.412. The lowest BCUT2D eigenvalue weighted by molar-refractivity contribution is 0.312. The average molecular weight is 329 g/mol. The number of piperazine rings is 1. The van der Waals surface area contributed by atoms with Gasteiger partial charge in [-0.1, -0.05) is 0 Å². The molecule has 1 fully saturated rings. The summed E-state index contributed by atoms with van der Waals surface area (Å²) in [5.74, 6) is 2.87. The molecule has 1 aliphatic rings. The van der Waals surface area contributed by atoms with E-state index >= 15 is 0 Å². The quantitative estimate of drug-likeness (QED) is 0.900. The van der Waals surface area contributed by atoms with Gasteiger partial charge in [0.15, 0.2) is 11.5 Å². The summed E-state index contributed by atoms with van der Waals surface area (Å²) in [5, 5.41) is 3.22. The second-order valence-electron chi connectivity index (χ2n) is 5.72. The number of aromatic nitrogens is 2. The molecule has 2 aromatic rings. The maximum Gasteiger partial charge on any atom is 0.229 e. The lowest BCUT2D eigenvalue weighted by Gasteiger charge is -2.33. The highest BCUT2D eigenvalue weighted by molar-refractivity contribution is 5.60. The maximum atomic E-state index is 5.32. The van der Waals surface area contributed by atoms with Gasteiger partial charge in [0.1, 0.15) is 5.82 Å². The molecule has 24 heavy (non-hydrogen) atoms. The zero-order valence-corrected chi connectivity index (χ0v) is 14.3. The van der Waals surface area contributed by atoms with Crippen molar-refractivity contribution in [2.24, 2.45) is 0 Å². The predicted molar refractivity (Wildman–Crippen MR) is 94.6 cm³/mol. The molecule has 7 heteroatoms. The lowest BCUT2D eigenvalue weighted by atomic mass is 10.3. The van der Waals surface area contributed by atoms with Crippen LogP contribution in [0.1, 0.15) is 0 Å². The fourth-order valence-corrected chi connectivity index (χ4v) is 2.66. The number of nitrogens with one attached hydrogen (secondary N) is 1. The van der Waals surface area contributed by atoms with Gasteiger partial charge in [0.2, 0.25) is 5.95 Å². The summed E-state index contributed by atoms with van der Waals surface area (Å²) in [5.41, 5.74) is 0.850. The number of hydrogen-bond donors (Lipinski definition) is 1. The minimum Gasteiger partial charge on any atom is -0.493 e. The molecule has 1 saturated heterocycles. The third-order valence-corrected chi connectivity index (χ3v) is 4.11. The first-order valence-corrected chi connectivity index (χ1v) is 7.95. The molecular formula is C17H23N5O2. The van der Waals surface area contributed by atoms with Gasteiger partial charge >= 0.3 is 0 Å². The normalized spacial score (nSPS) is 15.2. The topological polar surface area (TPSA) is 62.8 Å². The minimum absolute atomic E-state index is 0.568. The number of anilines is 3. The molecule has 0 aliphatic carbocycles. The van der Waals surface area contributed by atoms with Crippen LogP contribution in [0.25, 0.3) is 0 Å². The molecule has 1 aromatic heterocycles. The Morgan fingerprint density at radius 3 is 2.46 bits per heavy atom. The lowest BCUT2D eigenvalue weighted by Crippen LogP contribution is -2.44. The molecule has 1 aliphatic heterocycles. The van der Waals surface area contributed by atoms with Crippen LogP contribution in [-0.2, 0) is 0 Å². The molecule has 128 valence electrons. The third kappa shape index (κ3) is 3.68. The molecule has 0 spiro atoms. The number of nitrogens with zero attached hydrogens (tertiary/aromatic N) is 4. The second-order valence-corrected chi connectivity index (χ2v) is 5.72. The van der Waals surface area contributed by atoms with Crippen molar-refractivity contribution in [3.05, 3.63) is 30.5 Å². The van der Waals surface area contributed by atoms with E-state index in [4.69, 9.17) is 9.47 Å². The van der Waals surface area contributed by atoms with Gasteiger partial charge in [-0.2, -0.15) is 4.98 Å². The molecule has 0 saturated carbocycles. The number of ether oxygens (including phenoxy) is 2. The standard InChI is InChI=1S/C17H23N5O2/c1-21-8-10-22(11-9-21)16-6-7-18-17(20-16)19-13-4-5-14(23-2)15(12-13)24-3/h4-7,12H,8-11H2,1-3H3,(H,18,19,20). The van der Waals surface area contributed by atoms with Gasteiger partial charge in [-0.25, -0.2) is 4.98 Å². The number of methoxy groups -OCH3 is 2. The van der Waals surface area contributed by atoms with E-state index in [-0.39, 0.29) is 0 Å². The van der Waals surface area contributed by atoms with Crippen LogP contribution >= 0.6 is 0 Å². The van der Waals surface area contributed by atoms with Crippen LogP contribution in [0.5, 0.6) is 11.5 Å². The molecule has 0 amide bonds. The highest BCUT2D eigenvalue weighted by atomic mass is 16.5. The van der Waals surface area contributed by atoms with Crippen molar-refractivity contribution in [2.45, 2.75) is 0 Å². The molecule has 7 nitrogen and oxygen atoms in total. The van der Waals surface area contributed by atoms with Crippen LogP contribution < -0.4 is 19.7 Å². The van der Waals surface area contributed by atoms with E-state index in [1.54, 1.807) is 20.4 Å². The summed E-state index contributed by atoms with van der Waals surface area (Å²) in [6.45, 7) is 4.04. The van der Waals surface area contributed by atoms with E-state index < -0.39 is 0 Å². The van der Waals surface area contributed by atoms with Gasteiger partial charge in [0, 0.05) is 44.1 Å². The highest BCUT2D eigenvalue weighted by Gasteiger charge is 2.16. The van der Waals surface area contributed by atoms with Crippen LogP contribution in [0, 0.1) is 0 Å². The highest BCUT2D eigenvalue weighted by Crippen LogP contribution is 2.30. The molecule has 2 heterocycles. The van der Waals surface area contributed by atoms with Crippen molar-refractivity contribution in [3.63, 3.8) is 0 Å². The Kier molecular flexibility index (Phi) is 5.00. The van der Waals surface area contributed by atoms with E-state index in [0.717, 1.165) is 37.7 Å². The zero-order chi connectivity index (χ0) is 16.9. The van der Waals surface area contributed by atoms with Crippen molar-refractivity contribution in [2.75, 3.05) is 57.7 Å². The molecular weight excluding hydrogens is 306 g/mol. The Bertz CT molecular complexity index is 686. The predicted octanol–water partition coefficient (Wildman–Crippen LogP) is 1.99. The first-order chi connectivity index (χ1) is 11.7. The van der Waals surface area contributed by atoms with Crippen molar-refractivity contribution in [1.82, 2.24) is 14.9 Å². The summed E-state index contributed by atoms with van der Waals surface area (Å²) in [6.07, 6.45) is 1.78. The van der Waals surface area contributed by atoms with Crippen molar-refractivity contribution < 1.29 is 9.47 Å². The van der Waals surface area contributed by atoms with Gasteiger partial charge < -0.3 is 24.6 Å². The summed E-state index contributed by atoms with van der Waals surface area (Å²) in [7, 11) is 5.38. The van der Waals surface area contributed by atoms with E-state index in [2.05, 4.69) is 32.1 Å². The minimum atomic E-state index is 0.568. The Morgan fingerprint density at radius 2 is 1.75 bits per heavy atom. The maximum absolute atomic E-state index is 5.32. The number of hydrogen-bond acceptors (Lipinski definition) is 7. The van der Waals surface area contributed by atoms with E-state index in [9.17, 15) is 0 Å². The SMILES string of the molecule is COc1ccc(Nc2nccc(N3CCN(C)CC3)n2)cc1OC. The van der Waals surface area contributed by atoms with Gasteiger partial charge in [-0.3, -0.25) is 0 Å². The van der Waals surface area contributed by atoms with Crippen LogP contribution in [-0.4, -0.2) is 62.3 Å². The average Bonchev–Trinajstić information content (AvgIpc) is 2.62. The number of benzene rings is 1. The number of rotatable bonds is 5. The van der Waals surface area contributed by atoms with E-state index in [0.29, 0.717) is 17.4 Å². The smallest absolute Gasteiger partial charge is 0.229 e. The van der Waals surface area contributed by atoms with Crippen molar-refractivity contribution >= 4 is 17.5 Å². The fourth-order valence-electron chi connectivity index (χ4n) is 2.66. The Labute approximate surface area is 142 Å². The van der Waals surface area contributed by atoms with E-state index in [1.165, 1.54) is 0 Å². The molecule has 0 unspecified atom stereocenters. The van der Waals surface area contributed by atoms with Crippen LogP contribution in [0.15, 0.2) is 30.5 Å². The number of likely N-dealkylation sites (N-methyl/N-ethyl adjacent to an activating group) is 1. The van der Waals surface area contributed by atoms with Crippen LogP contribution in [0.4, 0.5) is 17.5 Å². The van der Waals surface area contributed by atoms with E-state index in [1.807, 2.05) is 24.3 Å². The van der Waals surface area contributed by atoms with Gasteiger partial charge in [-0.15, -0.1) is 0 Å². The molecule has 0 bridgehead atoms. The summed E-state index contributed by atoms with van der Waals surface area (Å²) in [6, 6.07) is 7.58. The molecule has 0 radical (unpaired) electrons. The third-order valence-electron chi connectivity index (χ3n) is 4.11. The Hall–Kier alpha value is -2.54. The van der Waals surface area contributed by atoms with Crippen LogP contribution in [0.2, 0.25) is 0 Å². The Morgan fingerprint density at radius 1 is 1.00 bits per heavy atom. The van der Waals surface area contributed by atoms with Gasteiger partial charge in [0.05, 0.1) is 14.2 Å². The summed E-state index contributed by atoms with van der Waals surface area (Å²) < 4.78 is 10.6. The molecule has 1 aromatic carbocycles. The first-order valence-electron chi connectivity index (χ1n) is 7.95. The van der Waals surface area contributed by atoms with Crippen LogP contribution in [0.3, 0.4) is 0 Å². The van der Waals surface area contributed by atoms with Gasteiger partial charge in [0.25, 0.3) is 0 Å². The molecule has 3 rings (SSSR count). The molecule has 1 N–H and O–H groups in total. The molecule has 0 atom stereocenters. The Balaban J connectivity index is 1.75. The zero-order valence-electron chi connectivity index (χ0n) is 14.3. The first kappa shape index (κ1) is 16.3. The monoisotopic (exact) mass is 329 g/mol. The van der Waals surface area contributed by atoms with Gasteiger partial charge in [-0.05, 0) is 25.2 Å². The van der Waals surface area contributed by atoms with Crippen molar-refractivity contribution in [1.29, 1.82) is 0 Å². The summed E-state index contributed by atoms with van der Waals surface area (Å²) in [4.78, 5) is 13.5. The largest absolute Gasteiger partial charge is 0.493 e. The second kappa shape index (κ2) is 7.35. The van der Waals surface area contributed by atoms with Crippen molar-refractivity contribution in [3.8, 4) is 11.5 Å².